The number of benzene rings is 2. The van der Waals surface area contributed by atoms with E-state index in [0.717, 1.165) is 11.1 Å². The lowest BCUT2D eigenvalue weighted by atomic mass is 9.91. The summed E-state index contributed by atoms with van der Waals surface area (Å²) in [5.41, 5.74) is 9.80. The van der Waals surface area contributed by atoms with E-state index >= 15 is 0 Å². The Hall–Kier alpha value is -4.07. The number of aromatic nitrogens is 4. The summed E-state index contributed by atoms with van der Waals surface area (Å²) in [5.74, 6) is 0.184. The molecule has 7 nitrogen and oxygen atoms in total. The van der Waals surface area contributed by atoms with Gasteiger partial charge in [-0.15, -0.1) is 0 Å². The molecule has 0 aliphatic rings. The number of ether oxygens (including phenoxy) is 1. The van der Waals surface area contributed by atoms with E-state index in [9.17, 15) is 9.18 Å². The fourth-order valence-corrected chi connectivity index (χ4v) is 3.63. The summed E-state index contributed by atoms with van der Waals surface area (Å²) in [6, 6.07) is 13.3. The average molecular weight is 417 g/mol. The molecule has 0 fully saturated rings. The first-order chi connectivity index (χ1) is 15.0. The van der Waals surface area contributed by atoms with Crippen LogP contribution >= 0.6 is 0 Å². The topological polar surface area (TPSA) is 95.9 Å². The van der Waals surface area contributed by atoms with Crippen molar-refractivity contribution in [2.45, 2.75) is 19.9 Å². The molecule has 4 rings (SSSR count). The van der Waals surface area contributed by atoms with Gasteiger partial charge in [-0.1, -0.05) is 36.4 Å². The number of rotatable bonds is 6. The molecular weight excluding hydrogens is 397 g/mol. The smallest absolute Gasteiger partial charge is 0.298 e. The first-order valence-electron chi connectivity index (χ1n) is 9.60. The van der Waals surface area contributed by atoms with E-state index in [1.165, 1.54) is 18.5 Å². The van der Waals surface area contributed by atoms with Crippen LogP contribution < -0.4 is 5.73 Å². The summed E-state index contributed by atoms with van der Waals surface area (Å²) in [6.07, 6.45) is 2.91. The number of aryl methyl sites for hydroxylation is 1. The average Bonchev–Trinajstić information content (AvgIpc) is 3.20. The van der Waals surface area contributed by atoms with Crippen LogP contribution in [0.5, 0.6) is 0 Å². The Bertz CT molecular complexity index is 1300. The van der Waals surface area contributed by atoms with E-state index in [1.54, 1.807) is 23.0 Å². The van der Waals surface area contributed by atoms with Crippen LogP contribution in [-0.2, 0) is 9.53 Å². The lowest BCUT2D eigenvalue weighted by Gasteiger charge is -2.22. The number of hydrogen-bond acceptors (Lipinski definition) is 6. The number of imidazole rings is 1. The Morgan fingerprint density at radius 2 is 1.97 bits per heavy atom. The number of allylic oxidation sites excluding steroid dienone is 1. The molecule has 1 unspecified atom stereocenters. The Balaban J connectivity index is 2.01. The standard InChI is InChI=1S/C23H20FN5O2/c1-14-6-3-4-9-18(14)19(16-7-5-8-17(24)10-16)21(31-13-30)15(2)29-12-28-20-22(25)26-11-27-23(20)29/h3-13,15H,1-2H3,(H2,25,26,27)/b21-19-. The third-order valence-electron chi connectivity index (χ3n) is 5.13. The van der Waals surface area contributed by atoms with Crippen LogP contribution in [0.3, 0.4) is 0 Å². The van der Waals surface area contributed by atoms with Crippen LogP contribution in [0.1, 0.15) is 29.7 Å². The van der Waals surface area contributed by atoms with Gasteiger partial charge in [-0.25, -0.2) is 19.3 Å². The van der Waals surface area contributed by atoms with Crippen LogP contribution in [0.4, 0.5) is 10.2 Å². The highest BCUT2D eigenvalue weighted by Gasteiger charge is 2.24. The number of halogens is 1. The second kappa shape index (κ2) is 8.35. The van der Waals surface area contributed by atoms with Crippen molar-refractivity contribution in [2.24, 2.45) is 0 Å². The van der Waals surface area contributed by atoms with Crippen molar-refractivity contribution >= 4 is 29.0 Å². The highest BCUT2D eigenvalue weighted by molar-refractivity contribution is 5.85. The van der Waals surface area contributed by atoms with E-state index in [2.05, 4.69) is 15.0 Å². The molecule has 2 aromatic carbocycles. The maximum absolute atomic E-state index is 14.1. The fourth-order valence-electron chi connectivity index (χ4n) is 3.63. The van der Waals surface area contributed by atoms with E-state index < -0.39 is 11.9 Å². The monoisotopic (exact) mass is 417 g/mol. The van der Waals surface area contributed by atoms with Crippen molar-refractivity contribution in [3.05, 3.63) is 89.5 Å². The van der Waals surface area contributed by atoms with Crippen molar-refractivity contribution in [3.63, 3.8) is 0 Å². The number of nitrogens with two attached hydrogens (primary N) is 1. The van der Waals surface area contributed by atoms with Crippen molar-refractivity contribution in [1.29, 1.82) is 0 Å². The molecule has 4 aromatic rings. The zero-order chi connectivity index (χ0) is 22.0. The number of fused-ring (bicyclic) bond motifs is 1. The minimum Gasteiger partial charge on any atom is -0.430 e. The minimum absolute atomic E-state index is 0.252. The van der Waals surface area contributed by atoms with Crippen molar-refractivity contribution in [2.75, 3.05) is 5.73 Å². The van der Waals surface area contributed by atoms with Gasteiger partial charge >= 0.3 is 0 Å². The third-order valence-corrected chi connectivity index (χ3v) is 5.13. The number of anilines is 1. The molecule has 0 radical (unpaired) electrons. The summed E-state index contributed by atoms with van der Waals surface area (Å²) >= 11 is 0. The van der Waals surface area contributed by atoms with Gasteiger partial charge in [-0.3, -0.25) is 4.79 Å². The Morgan fingerprint density at radius 1 is 1.16 bits per heavy atom. The van der Waals surface area contributed by atoms with Crippen molar-refractivity contribution in [3.8, 4) is 0 Å². The van der Waals surface area contributed by atoms with Gasteiger partial charge in [0.1, 0.15) is 23.4 Å². The molecule has 2 N–H and O–H groups in total. The van der Waals surface area contributed by atoms with Gasteiger partial charge in [0.05, 0.1) is 12.4 Å². The predicted octanol–water partition coefficient (Wildman–Crippen LogP) is 4.05. The molecule has 2 aromatic heterocycles. The zero-order valence-electron chi connectivity index (χ0n) is 17.0. The Labute approximate surface area is 178 Å². The van der Waals surface area contributed by atoms with E-state index in [1.807, 2.05) is 38.1 Å². The summed E-state index contributed by atoms with van der Waals surface area (Å²) < 4.78 is 21.4. The maximum Gasteiger partial charge on any atom is 0.298 e. The number of carbonyl (C=O) groups excluding carboxylic acids is 1. The zero-order valence-corrected chi connectivity index (χ0v) is 17.0. The Kier molecular flexibility index (Phi) is 5.44. The van der Waals surface area contributed by atoms with E-state index in [4.69, 9.17) is 10.5 Å². The summed E-state index contributed by atoms with van der Waals surface area (Å²) in [4.78, 5) is 24.1. The van der Waals surface area contributed by atoms with Gasteiger partial charge in [-0.05, 0) is 42.7 Å². The predicted molar refractivity (Wildman–Crippen MR) is 115 cm³/mol. The van der Waals surface area contributed by atoms with Crippen LogP contribution in [0.15, 0.2) is 66.9 Å². The Morgan fingerprint density at radius 3 is 2.71 bits per heavy atom. The number of nitrogen functional groups attached to an aromatic ring is 1. The minimum atomic E-state index is -0.512. The molecule has 0 saturated heterocycles. The number of nitrogens with zero attached hydrogens (tertiary/aromatic N) is 4. The molecule has 0 bridgehead atoms. The second-order valence-electron chi connectivity index (χ2n) is 7.04. The van der Waals surface area contributed by atoms with Crippen LogP contribution in [0.2, 0.25) is 0 Å². The molecule has 2 heterocycles. The molecule has 0 aliphatic heterocycles. The lowest BCUT2D eigenvalue weighted by molar-refractivity contribution is -0.125. The SMILES string of the molecule is Cc1ccccc1/C(=C(\OC=O)C(C)n1cnc2c(N)ncnc21)c1cccc(F)c1. The molecule has 156 valence electrons. The third kappa shape index (κ3) is 3.75. The molecular formula is C23H20FN5O2. The van der Waals surface area contributed by atoms with Crippen LogP contribution in [0, 0.1) is 12.7 Å². The molecule has 31 heavy (non-hydrogen) atoms. The van der Waals surface area contributed by atoms with Crippen LogP contribution in [0.25, 0.3) is 16.7 Å². The normalized spacial score (nSPS) is 13.0. The molecule has 0 aliphatic carbocycles. The first-order valence-corrected chi connectivity index (χ1v) is 9.60. The molecule has 0 amide bonds. The summed E-state index contributed by atoms with van der Waals surface area (Å²) in [6.45, 7) is 4.15. The lowest BCUT2D eigenvalue weighted by Crippen LogP contribution is -2.13. The largest absolute Gasteiger partial charge is 0.430 e. The van der Waals surface area contributed by atoms with Gasteiger partial charge < -0.3 is 15.0 Å². The molecule has 0 saturated carbocycles. The van der Waals surface area contributed by atoms with Crippen LogP contribution in [-0.4, -0.2) is 26.0 Å². The van der Waals surface area contributed by atoms with Gasteiger partial charge in [0, 0.05) is 5.57 Å². The molecule has 8 heteroatoms. The summed E-state index contributed by atoms with van der Waals surface area (Å²) in [7, 11) is 0. The van der Waals surface area contributed by atoms with Crippen molar-refractivity contribution < 1.29 is 13.9 Å². The van der Waals surface area contributed by atoms with Gasteiger partial charge in [0.2, 0.25) is 0 Å². The quantitative estimate of drug-likeness (QED) is 0.376. The van der Waals surface area contributed by atoms with Gasteiger partial charge in [0.15, 0.2) is 11.5 Å². The molecule has 0 spiro atoms. The highest BCUT2D eigenvalue weighted by Crippen LogP contribution is 2.36. The molecule has 1 atom stereocenters. The van der Waals surface area contributed by atoms with Gasteiger partial charge in [-0.2, -0.15) is 0 Å². The number of hydrogen-bond donors (Lipinski definition) is 1. The van der Waals surface area contributed by atoms with E-state index in [-0.39, 0.29) is 5.82 Å². The highest BCUT2D eigenvalue weighted by atomic mass is 19.1. The fraction of sp³-hybridized carbons (Fsp3) is 0.130. The van der Waals surface area contributed by atoms with Gasteiger partial charge in [0.25, 0.3) is 6.47 Å². The van der Waals surface area contributed by atoms with E-state index in [0.29, 0.717) is 34.5 Å². The maximum atomic E-state index is 14.1. The number of carbonyl (C=O) groups is 1. The van der Waals surface area contributed by atoms with Crippen molar-refractivity contribution in [1.82, 2.24) is 19.5 Å². The first kappa shape index (κ1) is 20.2. The summed E-state index contributed by atoms with van der Waals surface area (Å²) in [5, 5.41) is 0. The second-order valence-corrected chi connectivity index (χ2v) is 7.04.